The first-order valence-electron chi connectivity index (χ1n) is 15.4. The summed E-state index contributed by atoms with van der Waals surface area (Å²) in [6, 6.07) is 26.4. The molecule has 9 nitrogen and oxygen atoms in total. The molecule has 9 heteroatoms. The summed E-state index contributed by atoms with van der Waals surface area (Å²) in [5.41, 5.74) is 5.09. The van der Waals surface area contributed by atoms with Gasteiger partial charge < -0.3 is 24.6 Å². The van der Waals surface area contributed by atoms with Crippen LogP contribution in [0.5, 0.6) is 0 Å². The van der Waals surface area contributed by atoms with E-state index in [0.29, 0.717) is 6.54 Å². The molecule has 44 heavy (non-hydrogen) atoms. The van der Waals surface area contributed by atoms with Crippen molar-refractivity contribution in [3.63, 3.8) is 0 Å². The number of benzene rings is 3. The third-order valence-corrected chi connectivity index (χ3v) is 8.22. The number of hydrogen-bond donors (Lipinski definition) is 2. The zero-order valence-electron chi connectivity index (χ0n) is 25.6. The molecule has 2 heterocycles. The number of ether oxygens (including phenoxy) is 3. The molecule has 3 aromatic carbocycles. The van der Waals surface area contributed by atoms with Crippen LogP contribution < -0.4 is 5.32 Å². The Labute approximate surface area is 259 Å². The first kappa shape index (κ1) is 31.8. The van der Waals surface area contributed by atoms with Gasteiger partial charge in [0.25, 0.3) is 5.91 Å². The van der Waals surface area contributed by atoms with Crippen molar-refractivity contribution in [3.05, 3.63) is 107 Å². The lowest BCUT2D eigenvalue weighted by atomic mass is 9.99. The minimum absolute atomic E-state index is 0.00584. The fourth-order valence-corrected chi connectivity index (χ4v) is 5.72. The Morgan fingerprint density at radius 2 is 1.50 bits per heavy atom. The molecule has 0 aliphatic carbocycles. The van der Waals surface area contributed by atoms with Crippen LogP contribution in [0.3, 0.4) is 0 Å². The monoisotopic (exact) mass is 601 g/mol. The standard InChI is InChI=1S/C35H43N3O6/c1-25(42-26(2)40)34(41)36-21-27-8-14-31(15-9-27)35-43-32(20-33(44-35)30-12-10-29(24-39)11-13-30)23-38-18-16-37(17-19-38)22-28-6-4-3-5-7-28/h3-15,25,32-33,35,39H,16-24H2,1-2H3,(H,36,41). The lowest BCUT2D eigenvalue weighted by Crippen LogP contribution is -2.49. The molecule has 0 radical (unpaired) electrons. The summed E-state index contributed by atoms with van der Waals surface area (Å²) < 4.78 is 18.0. The molecule has 2 N–H and O–H groups in total. The van der Waals surface area contributed by atoms with Crippen LogP contribution in [0.15, 0.2) is 78.9 Å². The smallest absolute Gasteiger partial charge is 0.303 e. The van der Waals surface area contributed by atoms with E-state index in [-0.39, 0.29) is 24.7 Å². The van der Waals surface area contributed by atoms with Gasteiger partial charge in [-0.2, -0.15) is 0 Å². The molecule has 2 aliphatic heterocycles. The van der Waals surface area contributed by atoms with Crippen molar-refractivity contribution in [2.45, 2.75) is 64.6 Å². The predicted molar refractivity (Wildman–Crippen MR) is 166 cm³/mol. The Morgan fingerprint density at radius 3 is 2.16 bits per heavy atom. The largest absolute Gasteiger partial charge is 0.453 e. The molecule has 2 saturated heterocycles. The highest BCUT2D eigenvalue weighted by Crippen LogP contribution is 2.38. The van der Waals surface area contributed by atoms with Crippen molar-refractivity contribution in [3.8, 4) is 0 Å². The van der Waals surface area contributed by atoms with E-state index in [2.05, 4.69) is 45.4 Å². The van der Waals surface area contributed by atoms with Crippen molar-refractivity contribution in [1.29, 1.82) is 0 Å². The number of hydrogen-bond acceptors (Lipinski definition) is 8. The van der Waals surface area contributed by atoms with Crippen molar-refractivity contribution in [2.24, 2.45) is 0 Å². The number of esters is 1. The lowest BCUT2D eigenvalue weighted by molar-refractivity contribution is -0.253. The van der Waals surface area contributed by atoms with E-state index in [1.807, 2.05) is 48.5 Å². The zero-order valence-corrected chi connectivity index (χ0v) is 25.6. The highest BCUT2D eigenvalue weighted by molar-refractivity contribution is 5.82. The molecular formula is C35H43N3O6. The number of amides is 1. The van der Waals surface area contributed by atoms with Crippen LogP contribution in [-0.2, 0) is 43.5 Å². The molecule has 4 atom stereocenters. The number of aliphatic hydroxyl groups excluding tert-OH is 1. The fourth-order valence-electron chi connectivity index (χ4n) is 5.72. The topological polar surface area (TPSA) is 101 Å². The van der Waals surface area contributed by atoms with E-state index in [1.165, 1.54) is 12.5 Å². The number of carbonyl (C=O) groups excluding carboxylic acids is 2. The van der Waals surface area contributed by atoms with Gasteiger partial charge in [0.2, 0.25) is 0 Å². The number of aliphatic hydroxyl groups is 1. The van der Waals surface area contributed by atoms with Gasteiger partial charge in [-0.25, -0.2) is 0 Å². The highest BCUT2D eigenvalue weighted by Gasteiger charge is 2.33. The third-order valence-electron chi connectivity index (χ3n) is 8.22. The minimum atomic E-state index is -0.844. The second-order valence-electron chi connectivity index (χ2n) is 11.6. The second-order valence-corrected chi connectivity index (χ2v) is 11.6. The number of piperazine rings is 1. The summed E-state index contributed by atoms with van der Waals surface area (Å²) in [7, 11) is 0. The Balaban J connectivity index is 1.21. The molecule has 4 unspecified atom stereocenters. The van der Waals surface area contributed by atoms with E-state index < -0.39 is 18.4 Å². The van der Waals surface area contributed by atoms with Crippen LogP contribution in [0.2, 0.25) is 0 Å². The minimum Gasteiger partial charge on any atom is -0.453 e. The van der Waals surface area contributed by atoms with Gasteiger partial charge in [-0.3, -0.25) is 19.4 Å². The average Bonchev–Trinajstić information content (AvgIpc) is 3.05. The summed E-state index contributed by atoms with van der Waals surface area (Å²) >= 11 is 0. The molecule has 3 aromatic rings. The normalized spacial score (nSPS) is 21.8. The number of carbonyl (C=O) groups is 2. The summed E-state index contributed by atoms with van der Waals surface area (Å²) in [6.45, 7) is 8.97. The van der Waals surface area contributed by atoms with Crippen molar-refractivity contribution in [1.82, 2.24) is 15.1 Å². The summed E-state index contributed by atoms with van der Waals surface area (Å²) in [5, 5.41) is 12.3. The van der Waals surface area contributed by atoms with Gasteiger partial charge >= 0.3 is 5.97 Å². The van der Waals surface area contributed by atoms with Crippen molar-refractivity contribution in [2.75, 3.05) is 32.7 Å². The maximum atomic E-state index is 12.2. The lowest BCUT2D eigenvalue weighted by Gasteiger charge is -2.40. The summed E-state index contributed by atoms with van der Waals surface area (Å²) in [6.07, 6.45) is -0.804. The van der Waals surface area contributed by atoms with E-state index >= 15 is 0 Å². The van der Waals surface area contributed by atoms with Crippen LogP contribution in [0, 0.1) is 0 Å². The predicted octanol–water partition coefficient (Wildman–Crippen LogP) is 4.11. The van der Waals surface area contributed by atoms with Crippen LogP contribution >= 0.6 is 0 Å². The van der Waals surface area contributed by atoms with Crippen molar-refractivity contribution >= 4 is 11.9 Å². The maximum Gasteiger partial charge on any atom is 0.303 e. The van der Waals surface area contributed by atoms with Crippen LogP contribution in [-0.4, -0.2) is 71.7 Å². The molecule has 2 fully saturated rings. The van der Waals surface area contributed by atoms with Gasteiger partial charge in [0.05, 0.1) is 18.8 Å². The zero-order chi connectivity index (χ0) is 30.9. The van der Waals surface area contributed by atoms with E-state index in [9.17, 15) is 14.7 Å². The maximum absolute atomic E-state index is 12.2. The van der Waals surface area contributed by atoms with E-state index in [1.54, 1.807) is 6.92 Å². The SMILES string of the molecule is CC(=O)OC(C)C(=O)NCc1ccc(C2OC(CN3CCN(Cc4ccccc4)CC3)CC(c3ccc(CO)cc3)O2)cc1. The quantitative estimate of drug-likeness (QED) is 0.317. The fraction of sp³-hybridized carbons (Fsp3) is 0.429. The van der Waals surface area contributed by atoms with Gasteiger partial charge in [0.15, 0.2) is 12.4 Å². The van der Waals surface area contributed by atoms with Gasteiger partial charge in [-0.05, 0) is 29.2 Å². The molecule has 1 amide bonds. The molecule has 5 rings (SSSR count). The molecule has 0 spiro atoms. The van der Waals surface area contributed by atoms with E-state index in [0.717, 1.165) is 67.9 Å². The third kappa shape index (κ3) is 8.97. The van der Waals surface area contributed by atoms with Gasteiger partial charge in [-0.15, -0.1) is 0 Å². The first-order chi connectivity index (χ1) is 21.4. The molecule has 0 bridgehead atoms. The second kappa shape index (κ2) is 15.4. The van der Waals surface area contributed by atoms with Gasteiger partial charge in [0, 0.05) is 64.7 Å². The number of nitrogens with zero attached hydrogens (tertiary/aromatic N) is 2. The molecule has 234 valence electrons. The Hall–Kier alpha value is -3.60. The van der Waals surface area contributed by atoms with Gasteiger partial charge in [-0.1, -0.05) is 78.9 Å². The average molecular weight is 602 g/mol. The Bertz CT molecular complexity index is 1340. The summed E-state index contributed by atoms with van der Waals surface area (Å²) in [5.74, 6) is -0.835. The molecule has 2 aliphatic rings. The van der Waals surface area contributed by atoms with Crippen LogP contribution in [0.25, 0.3) is 0 Å². The van der Waals surface area contributed by atoms with Crippen LogP contribution in [0.1, 0.15) is 60.5 Å². The highest BCUT2D eigenvalue weighted by atomic mass is 16.7. The van der Waals surface area contributed by atoms with Crippen LogP contribution in [0.4, 0.5) is 0 Å². The molecule has 0 saturated carbocycles. The van der Waals surface area contributed by atoms with Crippen molar-refractivity contribution < 1.29 is 28.9 Å². The van der Waals surface area contributed by atoms with E-state index in [4.69, 9.17) is 14.2 Å². The Kier molecular flexibility index (Phi) is 11.1. The molecular weight excluding hydrogens is 558 g/mol. The number of nitrogens with one attached hydrogen (secondary N) is 1. The first-order valence-corrected chi connectivity index (χ1v) is 15.4. The van der Waals surface area contributed by atoms with Gasteiger partial charge in [0.1, 0.15) is 0 Å². The summed E-state index contributed by atoms with van der Waals surface area (Å²) in [4.78, 5) is 28.4. The Morgan fingerprint density at radius 1 is 0.864 bits per heavy atom. The number of rotatable bonds is 11. The molecule has 0 aromatic heterocycles.